The van der Waals surface area contributed by atoms with Crippen LogP contribution in [0, 0.1) is 5.92 Å². The first-order valence-corrected chi connectivity index (χ1v) is 7.97. The third-order valence-electron chi connectivity index (χ3n) is 3.24. The summed E-state index contributed by atoms with van der Waals surface area (Å²) in [4.78, 5) is 12.0. The summed E-state index contributed by atoms with van der Waals surface area (Å²) < 4.78 is 10.8. The van der Waals surface area contributed by atoms with Gasteiger partial charge in [-0.05, 0) is 42.3 Å². The van der Waals surface area contributed by atoms with Gasteiger partial charge < -0.3 is 20.1 Å². The molecule has 5 nitrogen and oxygen atoms in total. The van der Waals surface area contributed by atoms with Crippen molar-refractivity contribution in [2.24, 2.45) is 5.92 Å². The lowest BCUT2D eigenvalue weighted by molar-refractivity contribution is -0.114. The van der Waals surface area contributed by atoms with Crippen LogP contribution in [0.4, 0.5) is 11.4 Å². The summed E-state index contributed by atoms with van der Waals surface area (Å²) >= 11 is 0. The number of methoxy groups -OCH3 is 1. The van der Waals surface area contributed by atoms with Crippen LogP contribution in [0.5, 0.6) is 11.5 Å². The van der Waals surface area contributed by atoms with E-state index in [-0.39, 0.29) is 12.5 Å². The van der Waals surface area contributed by atoms with Crippen molar-refractivity contribution in [3.05, 3.63) is 48.5 Å². The van der Waals surface area contributed by atoms with Gasteiger partial charge in [0.15, 0.2) is 0 Å². The number of carbonyl (C=O) groups excluding carboxylic acids is 1. The van der Waals surface area contributed by atoms with E-state index in [1.165, 1.54) is 0 Å². The minimum atomic E-state index is -0.122. The molecule has 5 heteroatoms. The van der Waals surface area contributed by atoms with Crippen molar-refractivity contribution < 1.29 is 14.3 Å². The van der Waals surface area contributed by atoms with Crippen molar-refractivity contribution in [1.82, 2.24) is 0 Å². The molecule has 0 bridgehead atoms. The molecule has 0 saturated heterocycles. The van der Waals surface area contributed by atoms with Gasteiger partial charge >= 0.3 is 0 Å². The maximum Gasteiger partial charge on any atom is 0.243 e. The SMILES string of the molecule is COc1cccc(NC(=O)CNc2ccc(OCC(C)C)cc2)c1. The number of anilines is 2. The molecule has 0 aliphatic carbocycles. The second-order valence-corrected chi connectivity index (χ2v) is 5.86. The number of rotatable bonds is 8. The average molecular weight is 328 g/mol. The van der Waals surface area contributed by atoms with Gasteiger partial charge in [-0.3, -0.25) is 4.79 Å². The van der Waals surface area contributed by atoms with Crippen LogP contribution in [-0.2, 0) is 4.79 Å². The quantitative estimate of drug-likeness (QED) is 0.774. The van der Waals surface area contributed by atoms with E-state index in [0.29, 0.717) is 24.0 Å². The lowest BCUT2D eigenvalue weighted by Crippen LogP contribution is -2.21. The molecular weight excluding hydrogens is 304 g/mol. The standard InChI is InChI=1S/C19H24N2O3/c1-14(2)13-24-17-9-7-15(8-10-17)20-12-19(22)21-16-5-4-6-18(11-16)23-3/h4-11,14,20H,12-13H2,1-3H3,(H,21,22). The molecule has 0 aliphatic rings. The van der Waals surface area contributed by atoms with Crippen molar-refractivity contribution in [3.63, 3.8) is 0 Å². The van der Waals surface area contributed by atoms with Crippen molar-refractivity contribution in [2.75, 3.05) is 30.9 Å². The highest BCUT2D eigenvalue weighted by molar-refractivity contribution is 5.93. The molecular formula is C19H24N2O3. The third-order valence-corrected chi connectivity index (χ3v) is 3.24. The van der Waals surface area contributed by atoms with Gasteiger partial charge in [0, 0.05) is 17.4 Å². The Morgan fingerprint density at radius 1 is 1.04 bits per heavy atom. The Morgan fingerprint density at radius 2 is 1.79 bits per heavy atom. The zero-order valence-corrected chi connectivity index (χ0v) is 14.3. The Kier molecular flexibility index (Phi) is 6.49. The van der Waals surface area contributed by atoms with E-state index in [4.69, 9.17) is 9.47 Å². The second-order valence-electron chi connectivity index (χ2n) is 5.86. The van der Waals surface area contributed by atoms with E-state index in [1.54, 1.807) is 13.2 Å². The molecule has 0 saturated carbocycles. The Labute approximate surface area is 143 Å². The van der Waals surface area contributed by atoms with E-state index in [0.717, 1.165) is 11.4 Å². The largest absolute Gasteiger partial charge is 0.497 e. The molecule has 0 aromatic heterocycles. The molecule has 0 aliphatic heterocycles. The molecule has 2 N–H and O–H groups in total. The Morgan fingerprint density at radius 3 is 2.46 bits per heavy atom. The second kappa shape index (κ2) is 8.82. The van der Waals surface area contributed by atoms with Crippen molar-refractivity contribution in [3.8, 4) is 11.5 Å². The van der Waals surface area contributed by atoms with Crippen LogP contribution in [0.15, 0.2) is 48.5 Å². The fourth-order valence-electron chi connectivity index (χ4n) is 2.02. The summed E-state index contributed by atoms with van der Waals surface area (Å²) in [7, 11) is 1.59. The van der Waals surface area contributed by atoms with E-state index in [2.05, 4.69) is 24.5 Å². The van der Waals surface area contributed by atoms with E-state index >= 15 is 0 Å². The third kappa shape index (κ3) is 5.83. The first kappa shape index (κ1) is 17.7. The summed E-state index contributed by atoms with van der Waals surface area (Å²) in [6.07, 6.45) is 0. The number of hydrogen-bond acceptors (Lipinski definition) is 4. The summed E-state index contributed by atoms with van der Waals surface area (Å²) in [5, 5.41) is 5.91. The molecule has 0 atom stereocenters. The van der Waals surface area contributed by atoms with Gasteiger partial charge in [0.1, 0.15) is 11.5 Å². The van der Waals surface area contributed by atoms with Crippen LogP contribution in [-0.4, -0.2) is 26.2 Å². The molecule has 2 aromatic rings. The first-order valence-electron chi connectivity index (χ1n) is 7.97. The molecule has 0 radical (unpaired) electrons. The molecule has 0 fully saturated rings. The van der Waals surface area contributed by atoms with Gasteiger partial charge in [0.2, 0.25) is 5.91 Å². The fraction of sp³-hybridized carbons (Fsp3) is 0.316. The van der Waals surface area contributed by atoms with E-state index in [9.17, 15) is 4.79 Å². The minimum absolute atomic E-state index is 0.122. The average Bonchev–Trinajstić information content (AvgIpc) is 2.59. The lowest BCUT2D eigenvalue weighted by Gasteiger charge is -2.11. The molecule has 2 aromatic carbocycles. The van der Waals surface area contributed by atoms with Gasteiger partial charge in [0.05, 0.1) is 20.3 Å². The van der Waals surface area contributed by atoms with Crippen molar-refractivity contribution >= 4 is 17.3 Å². The number of nitrogens with one attached hydrogen (secondary N) is 2. The van der Waals surface area contributed by atoms with Crippen molar-refractivity contribution in [2.45, 2.75) is 13.8 Å². The first-order chi connectivity index (χ1) is 11.6. The van der Waals surface area contributed by atoms with Gasteiger partial charge in [-0.1, -0.05) is 19.9 Å². The van der Waals surface area contributed by atoms with E-state index in [1.807, 2.05) is 42.5 Å². The normalized spacial score (nSPS) is 10.3. The Balaban J connectivity index is 1.80. The fourth-order valence-corrected chi connectivity index (χ4v) is 2.02. The molecule has 0 spiro atoms. The zero-order valence-electron chi connectivity index (χ0n) is 14.3. The zero-order chi connectivity index (χ0) is 17.4. The lowest BCUT2D eigenvalue weighted by atomic mass is 10.2. The maximum atomic E-state index is 12.0. The predicted molar refractivity (Wildman–Crippen MR) is 96.9 cm³/mol. The van der Waals surface area contributed by atoms with Gasteiger partial charge in [-0.2, -0.15) is 0 Å². The van der Waals surface area contributed by atoms with Crippen LogP contribution < -0.4 is 20.1 Å². The highest BCUT2D eigenvalue weighted by atomic mass is 16.5. The molecule has 2 rings (SSSR count). The van der Waals surface area contributed by atoms with Gasteiger partial charge in [-0.25, -0.2) is 0 Å². The number of carbonyl (C=O) groups is 1. The van der Waals surface area contributed by atoms with Crippen LogP contribution in [0.3, 0.4) is 0 Å². The van der Waals surface area contributed by atoms with Gasteiger partial charge in [-0.15, -0.1) is 0 Å². The van der Waals surface area contributed by atoms with Crippen molar-refractivity contribution in [1.29, 1.82) is 0 Å². The molecule has 24 heavy (non-hydrogen) atoms. The van der Waals surface area contributed by atoms with Crippen LogP contribution in [0.2, 0.25) is 0 Å². The number of ether oxygens (including phenoxy) is 2. The summed E-state index contributed by atoms with van der Waals surface area (Å²) in [6.45, 7) is 5.09. The highest BCUT2D eigenvalue weighted by Gasteiger charge is 2.04. The van der Waals surface area contributed by atoms with Gasteiger partial charge in [0.25, 0.3) is 0 Å². The molecule has 0 heterocycles. The summed E-state index contributed by atoms with van der Waals surface area (Å²) in [5.41, 5.74) is 1.58. The predicted octanol–water partition coefficient (Wildman–Crippen LogP) is 3.78. The van der Waals surface area contributed by atoms with E-state index < -0.39 is 0 Å². The topological polar surface area (TPSA) is 59.6 Å². The molecule has 128 valence electrons. The maximum absolute atomic E-state index is 12.0. The van der Waals surface area contributed by atoms with Crippen LogP contribution >= 0.6 is 0 Å². The summed E-state index contributed by atoms with van der Waals surface area (Å²) in [5.74, 6) is 1.90. The molecule has 0 unspecified atom stereocenters. The minimum Gasteiger partial charge on any atom is -0.497 e. The Bertz CT molecular complexity index is 654. The smallest absolute Gasteiger partial charge is 0.243 e. The van der Waals surface area contributed by atoms with Crippen LogP contribution in [0.1, 0.15) is 13.8 Å². The number of benzene rings is 2. The monoisotopic (exact) mass is 328 g/mol. The van der Waals surface area contributed by atoms with Crippen LogP contribution in [0.25, 0.3) is 0 Å². The number of hydrogen-bond donors (Lipinski definition) is 2. The molecule has 1 amide bonds. The summed E-state index contributed by atoms with van der Waals surface area (Å²) in [6, 6.07) is 14.8. The highest BCUT2D eigenvalue weighted by Crippen LogP contribution is 2.18. The Hall–Kier alpha value is -2.69. The number of amides is 1.